The number of benzene rings is 2. The largest absolute Gasteiger partial charge is 0.506 e. The van der Waals surface area contributed by atoms with E-state index >= 15 is 0 Å². The van der Waals surface area contributed by atoms with Crippen LogP contribution in [0.3, 0.4) is 0 Å². The van der Waals surface area contributed by atoms with Crippen LogP contribution in [-0.2, 0) is 6.54 Å². The number of nitrogens with one attached hydrogen (secondary N) is 1. The SMILES string of the molecule is Oc1c(Cl)cccc1CNCCSc1ccccc1. The molecule has 0 aromatic heterocycles. The Labute approximate surface area is 122 Å². The van der Waals surface area contributed by atoms with Crippen molar-refractivity contribution in [3.05, 3.63) is 59.1 Å². The van der Waals surface area contributed by atoms with Crippen LogP contribution < -0.4 is 5.32 Å². The summed E-state index contributed by atoms with van der Waals surface area (Å²) < 4.78 is 0. The number of aromatic hydroxyl groups is 1. The molecule has 0 unspecified atom stereocenters. The number of para-hydroxylation sites is 1. The summed E-state index contributed by atoms with van der Waals surface area (Å²) in [5.74, 6) is 1.16. The standard InChI is InChI=1S/C15H16ClNOS/c16-14-8-4-5-12(15(14)18)11-17-9-10-19-13-6-2-1-3-7-13/h1-8,17-18H,9-11H2. The van der Waals surface area contributed by atoms with Gasteiger partial charge in [0.15, 0.2) is 0 Å². The van der Waals surface area contributed by atoms with Gasteiger partial charge in [0.1, 0.15) is 5.75 Å². The highest BCUT2D eigenvalue weighted by Crippen LogP contribution is 2.26. The lowest BCUT2D eigenvalue weighted by molar-refractivity contribution is 0.465. The maximum absolute atomic E-state index is 9.75. The molecule has 4 heteroatoms. The zero-order valence-corrected chi connectivity index (χ0v) is 12.0. The fourth-order valence-electron chi connectivity index (χ4n) is 1.68. The Hall–Kier alpha value is -1.16. The molecular weight excluding hydrogens is 278 g/mol. The van der Waals surface area contributed by atoms with Gasteiger partial charge in [0.2, 0.25) is 0 Å². The lowest BCUT2D eigenvalue weighted by atomic mass is 10.2. The second-order valence-corrected chi connectivity index (χ2v) is 5.66. The minimum atomic E-state index is 0.173. The van der Waals surface area contributed by atoms with Crippen molar-refractivity contribution in [2.75, 3.05) is 12.3 Å². The number of phenols is 1. The van der Waals surface area contributed by atoms with Crippen LogP contribution in [0.4, 0.5) is 0 Å². The Morgan fingerprint density at radius 2 is 1.84 bits per heavy atom. The van der Waals surface area contributed by atoms with Gasteiger partial charge in [-0.3, -0.25) is 0 Å². The first-order valence-electron chi connectivity index (χ1n) is 6.12. The first kappa shape index (κ1) is 14.3. The first-order chi connectivity index (χ1) is 9.27. The molecule has 0 aliphatic rings. The summed E-state index contributed by atoms with van der Waals surface area (Å²) in [7, 11) is 0. The van der Waals surface area contributed by atoms with Gasteiger partial charge in [-0.15, -0.1) is 11.8 Å². The average Bonchev–Trinajstić information content (AvgIpc) is 2.44. The molecule has 0 spiro atoms. The predicted octanol–water partition coefficient (Wildman–Crippen LogP) is 3.93. The molecular formula is C15H16ClNOS. The van der Waals surface area contributed by atoms with E-state index in [1.807, 2.05) is 42.1 Å². The van der Waals surface area contributed by atoms with E-state index in [0.29, 0.717) is 11.6 Å². The highest BCUT2D eigenvalue weighted by molar-refractivity contribution is 7.99. The van der Waals surface area contributed by atoms with Crippen LogP contribution in [0.1, 0.15) is 5.56 Å². The number of rotatable bonds is 6. The second kappa shape index (κ2) is 7.43. The smallest absolute Gasteiger partial charge is 0.138 e. The molecule has 2 N–H and O–H groups in total. The molecule has 2 nitrogen and oxygen atoms in total. The van der Waals surface area contributed by atoms with Crippen molar-refractivity contribution < 1.29 is 5.11 Å². The van der Waals surface area contributed by atoms with Crippen LogP contribution in [-0.4, -0.2) is 17.4 Å². The number of thioether (sulfide) groups is 1. The molecule has 0 saturated heterocycles. The van der Waals surface area contributed by atoms with E-state index in [2.05, 4.69) is 17.4 Å². The summed E-state index contributed by atoms with van der Waals surface area (Å²) in [5.41, 5.74) is 0.831. The van der Waals surface area contributed by atoms with Crippen LogP contribution in [0.5, 0.6) is 5.75 Å². The quantitative estimate of drug-likeness (QED) is 0.625. The van der Waals surface area contributed by atoms with Crippen LogP contribution in [0.25, 0.3) is 0 Å². The van der Waals surface area contributed by atoms with Gasteiger partial charge in [-0.05, 0) is 18.2 Å². The van der Waals surface area contributed by atoms with Crippen molar-refractivity contribution in [1.82, 2.24) is 5.32 Å². The molecule has 0 radical (unpaired) electrons. The highest BCUT2D eigenvalue weighted by atomic mass is 35.5. The number of phenolic OH excluding ortho intramolecular Hbond substituents is 1. The van der Waals surface area contributed by atoms with E-state index in [1.165, 1.54) is 4.90 Å². The van der Waals surface area contributed by atoms with E-state index in [-0.39, 0.29) is 5.75 Å². The molecule has 2 rings (SSSR count). The lowest BCUT2D eigenvalue weighted by Crippen LogP contribution is -2.16. The Kier molecular flexibility index (Phi) is 5.58. The molecule has 0 aliphatic heterocycles. The van der Waals surface area contributed by atoms with Gasteiger partial charge in [0.05, 0.1) is 5.02 Å². The van der Waals surface area contributed by atoms with Crippen LogP contribution >= 0.6 is 23.4 Å². The van der Waals surface area contributed by atoms with Crippen molar-refractivity contribution in [3.63, 3.8) is 0 Å². The van der Waals surface area contributed by atoms with Crippen molar-refractivity contribution in [2.24, 2.45) is 0 Å². The Bertz CT molecular complexity index is 519. The van der Waals surface area contributed by atoms with Crippen molar-refractivity contribution in [1.29, 1.82) is 0 Å². The van der Waals surface area contributed by atoms with Gasteiger partial charge in [0, 0.05) is 29.3 Å². The minimum absolute atomic E-state index is 0.173. The third-order valence-corrected chi connectivity index (χ3v) is 4.00. The van der Waals surface area contributed by atoms with Crippen LogP contribution in [0.2, 0.25) is 5.02 Å². The number of hydrogen-bond acceptors (Lipinski definition) is 3. The van der Waals surface area contributed by atoms with Gasteiger partial charge in [0.25, 0.3) is 0 Å². The van der Waals surface area contributed by atoms with E-state index < -0.39 is 0 Å². The fraction of sp³-hybridized carbons (Fsp3) is 0.200. The predicted molar refractivity (Wildman–Crippen MR) is 82.0 cm³/mol. The Morgan fingerprint density at radius 1 is 1.05 bits per heavy atom. The molecule has 0 saturated carbocycles. The topological polar surface area (TPSA) is 32.3 Å². The summed E-state index contributed by atoms with van der Waals surface area (Å²) >= 11 is 7.66. The number of hydrogen-bond donors (Lipinski definition) is 2. The Balaban J connectivity index is 1.71. The van der Waals surface area contributed by atoms with E-state index in [4.69, 9.17) is 11.6 Å². The molecule has 0 atom stereocenters. The zero-order valence-electron chi connectivity index (χ0n) is 10.5. The lowest BCUT2D eigenvalue weighted by Gasteiger charge is -2.07. The Morgan fingerprint density at radius 3 is 2.63 bits per heavy atom. The monoisotopic (exact) mass is 293 g/mol. The maximum Gasteiger partial charge on any atom is 0.138 e. The third kappa shape index (κ3) is 4.46. The maximum atomic E-state index is 9.75. The molecule has 19 heavy (non-hydrogen) atoms. The van der Waals surface area contributed by atoms with E-state index in [1.54, 1.807) is 6.07 Å². The molecule has 0 heterocycles. The van der Waals surface area contributed by atoms with E-state index in [0.717, 1.165) is 17.9 Å². The summed E-state index contributed by atoms with van der Waals surface area (Å²) in [5, 5.41) is 13.5. The molecule has 0 fully saturated rings. The van der Waals surface area contributed by atoms with Crippen molar-refractivity contribution in [3.8, 4) is 5.75 Å². The normalized spacial score (nSPS) is 10.6. The van der Waals surface area contributed by atoms with Gasteiger partial charge in [-0.25, -0.2) is 0 Å². The summed E-state index contributed by atoms with van der Waals surface area (Å²) in [6, 6.07) is 15.7. The first-order valence-corrected chi connectivity index (χ1v) is 7.48. The third-order valence-electron chi connectivity index (χ3n) is 2.68. The minimum Gasteiger partial charge on any atom is -0.506 e. The van der Waals surface area contributed by atoms with Crippen molar-refractivity contribution >= 4 is 23.4 Å². The summed E-state index contributed by atoms with van der Waals surface area (Å²) in [6.45, 7) is 1.51. The average molecular weight is 294 g/mol. The van der Waals surface area contributed by atoms with Gasteiger partial charge in [-0.2, -0.15) is 0 Å². The summed E-state index contributed by atoms with van der Waals surface area (Å²) in [4.78, 5) is 1.27. The van der Waals surface area contributed by atoms with Crippen LogP contribution in [0.15, 0.2) is 53.4 Å². The van der Waals surface area contributed by atoms with Crippen molar-refractivity contribution in [2.45, 2.75) is 11.4 Å². The van der Waals surface area contributed by atoms with E-state index in [9.17, 15) is 5.11 Å². The molecule has 2 aromatic rings. The van der Waals surface area contributed by atoms with Gasteiger partial charge >= 0.3 is 0 Å². The second-order valence-electron chi connectivity index (χ2n) is 4.09. The van der Waals surface area contributed by atoms with Crippen LogP contribution in [0, 0.1) is 0 Å². The molecule has 2 aromatic carbocycles. The zero-order chi connectivity index (χ0) is 13.5. The van der Waals surface area contributed by atoms with Gasteiger partial charge < -0.3 is 10.4 Å². The molecule has 0 aliphatic carbocycles. The molecule has 100 valence electrons. The highest BCUT2D eigenvalue weighted by Gasteiger charge is 2.03. The molecule has 0 bridgehead atoms. The fourth-order valence-corrected chi connectivity index (χ4v) is 2.71. The molecule has 0 amide bonds. The van der Waals surface area contributed by atoms with Gasteiger partial charge in [-0.1, -0.05) is 41.9 Å². The summed E-state index contributed by atoms with van der Waals surface area (Å²) in [6.07, 6.45) is 0. The number of halogens is 1.